The molecule has 1 aromatic carbocycles. The summed E-state index contributed by atoms with van der Waals surface area (Å²) in [5, 5.41) is 5.87. The lowest BCUT2D eigenvalue weighted by Crippen LogP contribution is -2.29. The van der Waals surface area contributed by atoms with Gasteiger partial charge in [0.2, 0.25) is 12.7 Å². The molecule has 2 N–H and O–H groups in total. The Labute approximate surface area is 122 Å². The van der Waals surface area contributed by atoms with E-state index in [4.69, 9.17) is 9.47 Å². The van der Waals surface area contributed by atoms with E-state index in [9.17, 15) is 4.79 Å². The summed E-state index contributed by atoms with van der Waals surface area (Å²) in [5.41, 5.74) is 1.78. The molecule has 0 aliphatic carbocycles. The van der Waals surface area contributed by atoms with Crippen LogP contribution in [0.15, 0.2) is 42.7 Å². The van der Waals surface area contributed by atoms with Gasteiger partial charge < -0.3 is 20.1 Å². The number of amides is 1. The van der Waals surface area contributed by atoms with E-state index >= 15 is 0 Å². The number of anilines is 1. The molecule has 108 valence electrons. The van der Waals surface area contributed by atoms with Crippen molar-refractivity contribution in [3.05, 3.63) is 48.3 Å². The Morgan fingerprint density at radius 3 is 3.00 bits per heavy atom. The van der Waals surface area contributed by atoms with Gasteiger partial charge in [-0.1, -0.05) is 6.07 Å². The molecule has 1 aliphatic heterocycles. The fourth-order valence-corrected chi connectivity index (χ4v) is 1.95. The van der Waals surface area contributed by atoms with Crippen molar-refractivity contribution >= 4 is 11.6 Å². The summed E-state index contributed by atoms with van der Waals surface area (Å²) in [6, 6.07) is 9.24. The predicted octanol–water partition coefficient (Wildman–Crippen LogP) is 1.54. The molecule has 0 atom stereocenters. The van der Waals surface area contributed by atoms with Crippen LogP contribution in [0.5, 0.6) is 11.5 Å². The second kappa shape index (κ2) is 6.13. The van der Waals surface area contributed by atoms with Crippen LogP contribution in [-0.4, -0.2) is 24.2 Å². The molecule has 21 heavy (non-hydrogen) atoms. The third kappa shape index (κ3) is 3.42. The highest BCUT2D eigenvalue weighted by Crippen LogP contribution is 2.34. The van der Waals surface area contributed by atoms with Crippen LogP contribution in [0.25, 0.3) is 0 Å². The van der Waals surface area contributed by atoms with Crippen molar-refractivity contribution in [2.75, 3.05) is 18.7 Å². The molecule has 0 fully saturated rings. The fourth-order valence-electron chi connectivity index (χ4n) is 1.95. The molecular weight excluding hydrogens is 270 g/mol. The zero-order valence-electron chi connectivity index (χ0n) is 11.3. The summed E-state index contributed by atoms with van der Waals surface area (Å²) in [5.74, 6) is 1.33. The Bertz CT molecular complexity index is 631. The lowest BCUT2D eigenvalue weighted by Gasteiger charge is -2.08. The number of nitrogens with one attached hydrogen (secondary N) is 2. The molecule has 0 unspecified atom stereocenters. The number of pyridine rings is 1. The molecule has 0 spiro atoms. The molecule has 2 heterocycles. The van der Waals surface area contributed by atoms with E-state index < -0.39 is 0 Å². The van der Waals surface area contributed by atoms with E-state index in [1.165, 1.54) is 0 Å². The van der Waals surface area contributed by atoms with Crippen molar-refractivity contribution in [2.24, 2.45) is 0 Å². The Balaban J connectivity index is 1.47. The Kier molecular flexibility index (Phi) is 3.86. The van der Waals surface area contributed by atoms with Gasteiger partial charge in [0.1, 0.15) is 0 Å². The SMILES string of the molecule is O=C(CNc1ccc2c(c1)OCO2)NCc1cccnc1. The van der Waals surface area contributed by atoms with Gasteiger partial charge in [0.15, 0.2) is 11.5 Å². The lowest BCUT2D eigenvalue weighted by molar-refractivity contribution is -0.119. The van der Waals surface area contributed by atoms with Crippen LogP contribution in [0.3, 0.4) is 0 Å². The van der Waals surface area contributed by atoms with Gasteiger partial charge >= 0.3 is 0 Å². The van der Waals surface area contributed by atoms with Crippen LogP contribution in [-0.2, 0) is 11.3 Å². The average molecular weight is 285 g/mol. The first-order valence-electron chi connectivity index (χ1n) is 6.60. The number of carbonyl (C=O) groups excluding carboxylic acids is 1. The van der Waals surface area contributed by atoms with Gasteiger partial charge in [-0.15, -0.1) is 0 Å². The standard InChI is InChI=1S/C15H15N3O3/c19-15(18-8-11-2-1-5-16-7-11)9-17-12-3-4-13-14(6-12)21-10-20-13/h1-7,17H,8-10H2,(H,18,19). The van der Waals surface area contributed by atoms with Gasteiger partial charge in [0, 0.05) is 30.7 Å². The number of nitrogens with zero attached hydrogens (tertiary/aromatic N) is 1. The summed E-state index contributed by atoms with van der Waals surface area (Å²) in [6.07, 6.45) is 3.43. The Hall–Kier alpha value is -2.76. The summed E-state index contributed by atoms with van der Waals surface area (Å²) in [6.45, 7) is 0.903. The third-order valence-electron chi connectivity index (χ3n) is 3.04. The number of aromatic nitrogens is 1. The molecule has 6 nitrogen and oxygen atoms in total. The number of carbonyl (C=O) groups is 1. The molecule has 1 aromatic heterocycles. The molecule has 0 radical (unpaired) electrons. The number of rotatable bonds is 5. The summed E-state index contributed by atoms with van der Waals surface area (Å²) >= 11 is 0. The molecule has 2 aromatic rings. The third-order valence-corrected chi connectivity index (χ3v) is 3.04. The summed E-state index contributed by atoms with van der Waals surface area (Å²) in [7, 11) is 0. The molecule has 0 saturated carbocycles. The molecular formula is C15H15N3O3. The number of hydrogen-bond acceptors (Lipinski definition) is 5. The highest BCUT2D eigenvalue weighted by molar-refractivity contribution is 5.80. The van der Waals surface area contributed by atoms with Crippen molar-refractivity contribution in [1.82, 2.24) is 10.3 Å². The molecule has 1 amide bonds. The first-order valence-corrected chi connectivity index (χ1v) is 6.60. The number of fused-ring (bicyclic) bond motifs is 1. The highest BCUT2D eigenvalue weighted by Gasteiger charge is 2.13. The van der Waals surface area contributed by atoms with Crippen molar-refractivity contribution < 1.29 is 14.3 Å². The van der Waals surface area contributed by atoms with E-state index in [1.54, 1.807) is 12.4 Å². The van der Waals surface area contributed by atoms with Crippen LogP contribution < -0.4 is 20.1 Å². The zero-order chi connectivity index (χ0) is 14.5. The minimum absolute atomic E-state index is 0.0866. The Morgan fingerprint density at radius 2 is 2.14 bits per heavy atom. The second-order valence-electron chi connectivity index (χ2n) is 4.56. The van der Waals surface area contributed by atoms with E-state index in [2.05, 4.69) is 15.6 Å². The Morgan fingerprint density at radius 1 is 1.24 bits per heavy atom. The predicted molar refractivity (Wildman–Crippen MR) is 77.1 cm³/mol. The maximum absolute atomic E-state index is 11.8. The summed E-state index contributed by atoms with van der Waals surface area (Å²) < 4.78 is 10.5. The van der Waals surface area contributed by atoms with Crippen molar-refractivity contribution in [3.8, 4) is 11.5 Å². The molecule has 1 aliphatic rings. The topological polar surface area (TPSA) is 72.5 Å². The minimum Gasteiger partial charge on any atom is -0.454 e. The van der Waals surface area contributed by atoms with Gasteiger partial charge in [-0.3, -0.25) is 9.78 Å². The quantitative estimate of drug-likeness (QED) is 0.872. The van der Waals surface area contributed by atoms with Gasteiger partial charge in [0.25, 0.3) is 0 Å². The van der Waals surface area contributed by atoms with Crippen LogP contribution >= 0.6 is 0 Å². The van der Waals surface area contributed by atoms with Gasteiger partial charge in [0.05, 0.1) is 6.54 Å². The van der Waals surface area contributed by atoms with Crippen molar-refractivity contribution in [2.45, 2.75) is 6.54 Å². The first-order chi connectivity index (χ1) is 10.3. The maximum atomic E-state index is 11.8. The smallest absolute Gasteiger partial charge is 0.239 e. The van der Waals surface area contributed by atoms with Crippen molar-refractivity contribution in [1.29, 1.82) is 0 Å². The molecule has 3 rings (SSSR count). The van der Waals surface area contributed by atoms with Crippen LogP contribution in [0.4, 0.5) is 5.69 Å². The monoisotopic (exact) mass is 285 g/mol. The van der Waals surface area contributed by atoms with Crippen LogP contribution in [0.1, 0.15) is 5.56 Å². The summed E-state index contributed by atoms with van der Waals surface area (Å²) in [4.78, 5) is 15.8. The van der Waals surface area contributed by atoms with Gasteiger partial charge in [-0.2, -0.15) is 0 Å². The van der Waals surface area contributed by atoms with Crippen molar-refractivity contribution in [3.63, 3.8) is 0 Å². The van der Waals surface area contributed by atoms with E-state index in [1.807, 2.05) is 30.3 Å². The number of benzene rings is 1. The van der Waals surface area contributed by atoms with E-state index in [-0.39, 0.29) is 19.2 Å². The number of ether oxygens (including phenoxy) is 2. The largest absolute Gasteiger partial charge is 0.454 e. The minimum atomic E-state index is -0.0866. The molecule has 0 saturated heterocycles. The van der Waals surface area contributed by atoms with Gasteiger partial charge in [-0.05, 0) is 23.8 Å². The van der Waals surface area contributed by atoms with Gasteiger partial charge in [-0.25, -0.2) is 0 Å². The number of hydrogen-bond donors (Lipinski definition) is 2. The fraction of sp³-hybridized carbons (Fsp3) is 0.200. The molecule has 0 bridgehead atoms. The lowest BCUT2D eigenvalue weighted by atomic mass is 10.2. The second-order valence-corrected chi connectivity index (χ2v) is 4.56. The van der Waals surface area contributed by atoms with E-state index in [0.717, 1.165) is 17.0 Å². The average Bonchev–Trinajstić information content (AvgIpc) is 2.99. The highest BCUT2D eigenvalue weighted by atomic mass is 16.7. The van der Waals surface area contributed by atoms with Crippen LogP contribution in [0.2, 0.25) is 0 Å². The van der Waals surface area contributed by atoms with E-state index in [0.29, 0.717) is 12.3 Å². The normalized spacial score (nSPS) is 12.0. The maximum Gasteiger partial charge on any atom is 0.239 e. The van der Waals surface area contributed by atoms with Crippen LogP contribution in [0, 0.1) is 0 Å². The molecule has 6 heteroatoms. The zero-order valence-corrected chi connectivity index (χ0v) is 11.3. The first kappa shape index (κ1) is 13.2.